The number of aliphatic imine (C=N–C) groups is 1. The minimum Gasteiger partial charge on any atom is -0.461 e. The maximum absolute atomic E-state index is 11.0. The van der Waals surface area contributed by atoms with Crippen molar-refractivity contribution >= 4 is 45.4 Å². The summed E-state index contributed by atoms with van der Waals surface area (Å²) in [6.07, 6.45) is 1.64. The Bertz CT molecular complexity index is 291. The van der Waals surface area contributed by atoms with Gasteiger partial charge in [0.2, 0.25) is 0 Å². The minimum absolute atomic E-state index is 0.0657. The van der Waals surface area contributed by atoms with Crippen LogP contribution in [0.25, 0.3) is 0 Å². The molecule has 0 aromatic heterocycles. The summed E-state index contributed by atoms with van der Waals surface area (Å²) in [7, 11) is 0. The van der Waals surface area contributed by atoms with Crippen molar-refractivity contribution in [1.82, 2.24) is 0 Å². The number of nitrogens with zero attached hydrogens (tertiary/aromatic N) is 1. The molecule has 14 heavy (non-hydrogen) atoms. The lowest BCUT2D eigenvalue weighted by Crippen LogP contribution is -2.22. The number of rotatable bonds is 3. The van der Waals surface area contributed by atoms with Gasteiger partial charge >= 0.3 is 5.97 Å². The molecule has 0 aromatic carbocycles. The second-order valence-corrected chi connectivity index (χ2v) is 3.16. The summed E-state index contributed by atoms with van der Waals surface area (Å²) in [6.45, 7) is 1.80. The van der Waals surface area contributed by atoms with E-state index < -0.39 is 11.7 Å². The van der Waals surface area contributed by atoms with E-state index in [1.165, 1.54) is 0 Å². The Kier molecular flexibility index (Phi) is 6.14. The molecular formula is C7H10ClN3O2S. The number of thioether (sulfide) groups is 1. The first-order valence-corrected chi connectivity index (χ1v) is 5.26. The lowest BCUT2D eigenvalue weighted by atomic mass is 10.4. The first-order chi connectivity index (χ1) is 6.52. The second-order valence-electron chi connectivity index (χ2n) is 2.01. The van der Waals surface area contributed by atoms with E-state index in [0.29, 0.717) is 0 Å². The monoisotopic (exact) mass is 235 g/mol. The fourth-order valence-corrected chi connectivity index (χ4v) is 0.873. The SMILES string of the molecule is CCOC(=O)C(=N)/C(Cl)=N\C(=N)SC. The van der Waals surface area contributed by atoms with Crippen LogP contribution in [0.3, 0.4) is 0 Å². The molecule has 0 aliphatic heterocycles. The molecular weight excluding hydrogens is 226 g/mol. The zero-order valence-corrected chi connectivity index (χ0v) is 9.33. The third-order valence-electron chi connectivity index (χ3n) is 1.08. The van der Waals surface area contributed by atoms with Crippen molar-refractivity contribution in [2.45, 2.75) is 6.92 Å². The predicted octanol–water partition coefficient (Wildman–Crippen LogP) is 1.50. The van der Waals surface area contributed by atoms with E-state index >= 15 is 0 Å². The topological polar surface area (TPSA) is 86.4 Å². The molecule has 0 aliphatic rings. The summed E-state index contributed by atoms with van der Waals surface area (Å²) in [6, 6.07) is 0. The molecule has 0 saturated heterocycles. The van der Waals surface area contributed by atoms with Crippen LogP contribution in [0.15, 0.2) is 4.99 Å². The van der Waals surface area contributed by atoms with Gasteiger partial charge in [-0.1, -0.05) is 23.4 Å². The van der Waals surface area contributed by atoms with Crippen molar-refractivity contribution < 1.29 is 9.53 Å². The second kappa shape index (κ2) is 6.56. The summed E-state index contributed by atoms with van der Waals surface area (Å²) < 4.78 is 4.53. The molecule has 0 saturated carbocycles. The van der Waals surface area contributed by atoms with Crippen LogP contribution >= 0.6 is 23.4 Å². The van der Waals surface area contributed by atoms with E-state index in [1.807, 2.05) is 0 Å². The van der Waals surface area contributed by atoms with E-state index in [9.17, 15) is 4.79 Å². The predicted molar refractivity (Wildman–Crippen MR) is 58.9 cm³/mol. The number of hydrogen-bond acceptors (Lipinski definition) is 5. The highest BCUT2D eigenvalue weighted by Crippen LogP contribution is 2.00. The Morgan fingerprint density at radius 1 is 1.57 bits per heavy atom. The maximum atomic E-state index is 11.0. The van der Waals surface area contributed by atoms with Gasteiger partial charge in [0.05, 0.1) is 6.61 Å². The van der Waals surface area contributed by atoms with Gasteiger partial charge in [-0.05, 0) is 13.2 Å². The normalized spacial score (nSPS) is 10.9. The highest BCUT2D eigenvalue weighted by molar-refractivity contribution is 8.13. The van der Waals surface area contributed by atoms with Crippen molar-refractivity contribution in [3.8, 4) is 0 Å². The molecule has 0 atom stereocenters. The smallest absolute Gasteiger partial charge is 0.359 e. The Morgan fingerprint density at radius 2 is 2.14 bits per heavy atom. The van der Waals surface area contributed by atoms with Crippen LogP contribution in [0.4, 0.5) is 0 Å². The van der Waals surface area contributed by atoms with Gasteiger partial charge in [-0.2, -0.15) is 0 Å². The van der Waals surface area contributed by atoms with Crippen LogP contribution in [0, 0.1) is 10.8 Å². The number of carbonyl (C=O) groups excluding carboxylic acids is 1. The summed E-state index contributed by atoms with van der Waals surface area (Å²) in [5.74, 6) is -0.838. The molecule has 0 heterocycles. The Balaban J connectivity index is 4.46. The van der Waals surface area contributed by atoms with E-state index in [-0.39, 0.29) is 16.9 Å². The van der Waals surface area contributed by atoms with Gasteiger partial charge in [0.1, 0.15) is 0 Å². The number of hydrogen-bond donors (Lipinski definition) is 2. The molecule has 0 aliphatic carbocycles. The van der Waals surface area contributed by atoms with Crippen molar-refractivity contribution in [2.75, 3.05) is 12.9 Å². The quantitative estimate of drug-likeness (QED) is 0.442. The first kappa shape index (κ1) is 13.1. The maximum Gasteiger partial charge on any atom is 0.359 e. The van der Waals surface area contributed by atoms with Crippen molar-refractivity contribution in [3.05, 3.63) is 0 Å². The molecule has 7 heteroatoms. The molecule has 0 fully saturated rings. The standard InChI is InChI=1S/C7H10ClN3O2S/c1-3-13-6(12)4(9)5(8)11-7(10)14-2/h9-10H,3H2,1-2H3/b9-4?,10-7?,11-5+. The van der Waals surface area contributed by atoms with Crippen molar-refractivity contribution in [3.63, 3.8) is 0 Å². The number of nitrogens with one attached hydrogen (secondary N) is 2. The summed E-state index contributed by atoms with van der Waals surface area (Å²) in [5.41, 5.74) is -0.535. The number of carbonyl (C=O) groups is 1. The highest BCUT2D eigenvalue weighted by Gasteiger charge is 2.15. The number of halogens is 1. The summed E-state index contributed by atoms with van der Waals surface area (Å²) >= 11 is 6.56. The van der Waals surface area contributed by atoms with Crippen LogP contribution in [0.2, 0.25) is 0 Å². The van der Waals surface area contributed by atoms with Gasteiger partial charge in [-0.15, -0.1) is 0 Å². The van der Waals surface area contributed by atoms with Crippen LogP contribution < -0.4 is 0 Å². The molecule has 0 radical (unpaired) electrons. The van der Waals surface area contributed by atoms with Crippen LogP contribution in [0.1, 0.15) is 6.92 Å². The minimum atomic E-state index is -0.838. The largest absolute Gasteiger partial charge is 0.461 e. The van der Waals surface area contributed by atoms with Gasteiger partial charge in [-0.3, -0.25) is 10.8 Å². The average molecular weight is 236 g/mol. The Morgan fingerprint density at radius 3 is 2.57 bits per heavy atom. The zero-order valence-electron chi connectivity index (χ0n) is 7.76. The van der Waals surface area contributed by atoms with Crippen LogP contribution in [-0.4, -0.2) is 34.9 Å². The molecule has 2 N–H and O–H groups in total. The molecule has 0 spiro atoms. The van der Waals surface area contributed by atoms with Gasteiger partial charge in [0.15, 0.2) is 16.1 Å². The van der Waals surface area contributed by atoms with Gasteiger partial charge in [0.25, 0.3) is 0 Å². The molecule has 78 valence electrons. The van der Waals surface area contributed by atoms with Gasteiger partial charge in [-0.25, -0.2) is 9.79 Å². The van der Waals surface area contributed by atoms with Gasteiger partial charge in [0, 0.05) is 0 Å². The van der Waals surface area contributed by atoms with Gasteiger partial charge < -0.3 is 4.74 Å². The lowest BCUT2D eigenvalue weighted by Gasteiger charge is -2.00. The van der Waals surface area contributed by atoms with Crippen molar-refractivity contribution in [1.29, 1.82) is 10.8 Å². The number of esters is 1. The van der Waals surface area contributed by atoms with Crippen LogP contribution in [0.5, 0.6) is 0 Å². The highest BCUT2D eigenvalue weighted by atomic mass is 35.5. The van der Waals surface area contributed by atoms with E-state index in [2.05, 4.69) is 9.73 Å². The molecule has 0 amide bonds. The first-order valence-electron chi connectivity index (χ1n) is 3.65. The average Bonchev–Trinajstić information content (AvgIpc) is 2.16. The van der Waals surface area contributed by atoms with E-state index in [0.717, 1.165) is 11.8 Å². The molecule has 0 aromatic rings. The zero-order chi connectivity index (χ0) is 11.1. The molecule has 0 rings (SSSR count). The van der Waals surface area contributed by atoms with E-state index in [1.54, 1.807) is 13.2 Å². The lowest BCUT2D eigenvalue weighted by molar-refractivity contribution is -0.134. The fourth-order valence-electron chi connectivity index (χ4n) is 0.478. The Hall–Kier alpha value is -0.880. The third-order valence-corrected chi connectivity index (χ3v) is 1.83. The Labute approximate surface area is 90.9 Å². The molecule has 5 nitrogen and oxygen atoms in total. The van der Waals surface area contributed by atoms with E-state index in [4.69, 9.17) is 22.4 Å². The summed E-state index contributed by atoms with van der Waals surface area (Å²) in [5, 5.41) is 14.0. The fraction of sp³-hybridized carbons (Fsp3) is 0.429. The molecule has 0 bridgehead atoms. The third kappa shape index (κ3) is 4.38. The molecule has 0 unspecified atom stereocenters. The number of amidine groups is 1. The number of ether oxygens (including phenoxy) is 1. The summed E-state index contributed by atoms with van der Waals surface area (Å²) in [4.78, 5) is 14.5. The van der Waals surface area contributed by atoms with Crippen molar-refractivity contribution in [2.24, 2.45) is 4.99 Å². The van der Waals surface area contributed by atoms with Crippen LogP contribution in [-0.2, 0) is 9.53 Å².